The molecule has 0 radical (unpaired) electrons. The van der Waals surface area contributed by atoms with Gasteiger partial charge in [-0.3, -0.25) is 4.79 Å². The molecule has 0 aromatic rings. The highest BCUT2D eigenvalue weighted by atomic mass is 16.7. The van der Waals surface area contributed by atoms with Gasteiger partial charge in [-0.15, -0.1) is 0 Å². The van der Waals surface area contributed by atoms with Gasteiger partial charge in [0.25, 0.3) is 0 Å². The van der Waals surface area contributed by atoms with E-state index in [1.54, 1.807) is 12.2 Å². The van der Waals surface area contributed by atoms with Gasteiger partial charge in [-0.25, -0.2) is 0 Å². The number of aliphatic hydroxyl groups is 5. The monoisotopic (exact) mass is 653 g/mol. The van der Waals surface area contributed by atoms with Gasteiger partial charge in [0.05, 0.1) is 25.4 Å². The maximum atomic E-state index is 12.8. The zero-order valence-electron chi connectivity index (χ0n) is 28.8. The summed E-state index contributed by atoms with van der Waals surface area (Å²) >= 11 is 0. The molecule has 46 heavy (non-hydrogen) atoms. The Morgan fingerprint density at radius 3 is 1.89 bits per heavy atom. The van der Waals surface area contributed by atoms with Crippen LogP contribution >= 0.6 is 0 Å². The molecule has 268 valence electrons. The predicted molar refractivity (Wildman–Crippen MR) is 184 cm³/mol. The van der Waals surface area contributed by atoms with Crippen molar-refractivity contribution in [2.24, 2.45) is 0 Å². The minimum absolute atomic E-state index is 0.209. The first-order valence-electron chi connectivity index (χ1n) is 18.2. The van der Waals surface area contributed by atoms with Crippen molar-refractivity contribution >= 4 is 5.91 Å². The zero-order chi connectivity index (χ0) is 33.8. The molecule has 0 aliphatic carbocycles. The Hall–Kier alpha value is -1.59. The fourth-order valence-electron chi connectivity index (χ4n) is 5.44. The van der Waals surface area contributed by atoms with Gasteiger partial charge in [-0.2, -0.15) is 0 Å². The number of hydrogen-bond donors (Lipinski definition) is 6. The van der Waals surface area contributed by atoms with E-state index in [9.17, 15) is 30.3 Å². The third-order valence-electron chi connectivity index (χ3n) is 8.49. The number of nitrogens with one attached hydrogen (secondary N) is 1. The first-order chi connectivity index (χ1) is 22.3. The molecule has 1 fully saturated rings. The summed E-state index contributed by atoms with van der Waals surface area (Å²) in [4.78, 5) is 12.8. The Bertz CT molecular complexity index is 817. The fourth-order valence-corrected chi connectivity index (χ4v) is 5.44. The van der Waals surface area contributed by atoms with Crippen molar-refractivity contribution in [2.75, 3.05) is 13.2 Å². The second kappa shape index (κ2) is 28.4. The van der Waals surface area contributed by atoms with Gasteiger partial charge in [-0.05, 0) is 44.9 Å². The van der Waals surface area contributed by atoms with Crippen LogP contribution in [-0.2, 0) is 14.3 Å². The summed E-state index contributed by atoms with van der Waals surface area (Å²) in [6.45, 7) is 3.65. The molecule has 0 aromatic carbocycles. The van der Waals surface area contributed by atoms with E-state index in [0.717, 1.165) is 51.4 Å². The number of ether oxygens (including phenoxy) is 2. The highest BCUT2D eigenvalue weighted by Crippen LogP contribution is 2.22. The van der Waals surface area contributed by atoms with Crippen LogP contribution in [0.1, 0.15) is 136 Å². The van der Waals surface area contributed by atoms with Crippen LogP contribution in [0.25, 0.3) is 0 Å². The lowest BCUT2D eigenvalue weighted by atomic mass is 9.99. The Balaban J connectivity index is 2.52. The van der Waals surface area contributed by atoms with Crippen molar-refractivity contribution < 1.29 is 39.8 Å². The van der Waals surface area contributed by atoms with Crippen LogP contribution in [0.2, 0.25) is 0 Å². The van der Waals surface area contributed by atoms with Crippen LogP contribution in [0.4, 0.5) is 0 Å². The predicted octanol–water partition coefficient (Wildman–Crippen LogP) is 5.77. The van der Waals surface area contributed by atoms with Gasteiger partial charge in [-0.1, -0.05) is 121 Å². The highest BCUT2D eigenvalue weighted by molar-refractivity contribution is 5.76. The Labute approximate surface area is 279 Å². The van der Waals surface area contributed by atoms with Crippen LogP contribution in [0.5, 0.6) is 0 Å². The summed E-state index contributed by atoms with van der Waals surface area (Å²) in [6, 6.07) is -0.836. The minimum Gasteiger partial charge on any atom is -0.394 e. The van der Waals surface area contributed by atoms with Gasteiger partial charge in [0, 0.05) is 6.42 Å². The second-order valence-electron chi connectivity index (χ2n) is 12.7. The van der Waals surface area contributed by atoms with E-state index in [4.69, 9.17) is 9.47 Å². The summed E-state index contributed by atoms with van der Waals surface area (Å²) in [5, 5.41) is 53.7. The molecule has 0 spiro atoms. The molecule has 0 saturated carbocycles. The highest BCUT2D eigenvalue weighted by Gasteiger charge is 2.44. The summed E-state index contributed by atoms with van der Waals surface area (Å²) in [5.74, 6) is -0.209. The maximum absolute atomic E-state index is 12.8. The van der Waals surface area contributed by atoms with Crippen molar-refractivity contribution in [3.8, 4) is 0 Å². The third-order valence-corrected chi connectivity index (χ3v) is 8.49. The lowest BCUT2D eigenvalue weighted by Crippen LogP contribution is -2.60. The molecule has 1 amide bonds. The molecule has 0 bridgehead atoms. The quantitative estimate of drug-likeness (QED) is 0.0354. The van der Waals surface area contributed by atoms with E-state index in [0.29, 0.717) is 6.42 Å². The Morgan fingerprint density at radius 2 is 1.28 bits per heavy atom. The van der Waals surface area contributed by atoms with E-state index in [1.807, 2.05) is 6.08 Å². The standard InChI is InChI=1S/C37H67NO8/c1-3-5-7-9-11-13-15-16-17-19-21-23-25-27-33(41)38-30(29-45-37-36(44)35(43)34(42)32(28-39)46-37)31(40)26-24-22-20-18-14-12-10-8-6-4-2/h13,15,20,22,24,26,30-32,34-37,39-40,42-44H,3-12,14,16-19,21,23,25,27-29H2,1-2H3,(H,38,41)/b15-13+,22-20+,26-24+/t30-,31+,32-,34-,35?,36?,37-/m0/s1. The van der Waals surface area contributed by atoms with Crippen LogP contribution in [-0.4, -0.2) is 87.5 Å². The molecule has 1 saturated heterocycles. The van der Waals surface area contributed by atoms with Gasteiger partial charge in [0.15, 0.2) is 6.29 Å². The van der Waals surface area contributed by atoms with Crippen molar-refractivity contribution in [3.05, 3.63) is 36.5 Å². The van der Waals surface area contributed by atoms with E-state index in [2.05, 4.69) is 37.4 Å². The topological polar surface area (TPSA) is 149 Å². The van der Waals surface area contributed by atoms with Gasteiger partial charge in [0.1, 0.15) is 24.4 Å². The number of aliphatic hydroxyl groups excluding tert-OH is 5. The van der Waals surface area contributed by atoms with E-state index < -0.39 is 49.5 Å². The molecule has 1 aliphatic heterocycles. The normalized spacial score (nSPS) is 23.5. The van der Waals surface area contributed by atoms with Crippen LogP contribution in [0.3, 0.4) is 0 Å². The molecule has 1 rings (SSSR count). The number of hydrogen-bond acceptors (Lipinski definition) is 8. The number of unbranched alkanes of at least 4 members (excludes halogenated alkanes) is 15. The Kier molecular flexibility index (Phi) is 26.2. The molecule has 7 atom stereocenters. The van der Waals surface area contributed by atoms with Crippen molar-refractivity contribution in [2.45, 2.75) is 179 Å². The molecule has 1 aliphatic rings. The van der Waals surface area contributed by atoms with Gasteiger partial charge < -0.3 is 40.3 Å². The number of allylic oxidation sites excluding steroid dienone is 5. The number of carbonyl (C=O) groups is 1. The summed E-state index contributed by atoms with van der Waals surface area (Å²) in [6.07, 6.45) is 24.9. The largest absolute Gasteiger partial charge is 0.394 e. The van der Waals surface area contributed by atoms with E-state index in [1.165, 1.54) is 64.2 Å². The molecule has 6 N–H and O–H groups in total. The second-order valence-corrected chi connectivity index (χ2v) is 12.7. The van der Waals surface area contributed by atoms with Gasteiger partial charge >= 0.3 is 0 Å². The first kappa shape index (κ1) is 42.4. The van der Waals surface area contributed by atoms with Crippen LogP contribution < -0.4 is 5.32 Å². The fraction of sp³-hybridized carbons (Fsp3) is 0.811. The molecule has 9 nitrogen and oxygen atoms in total. The molecule has 1 heterocycles. The third kappa shape index (κ3) is 19.9. The minimum atomic E-state index is -1.57. The molecular formula is C37H67NO8. The smallest absolute Gasteiger partial charge is 0.220 e. The summed E-state index contributed by atoms with van der Waals surface area (Å²) < 4.78 is 11.1. The van der Waals surface area contributed by atoms with Crippen LogP contribution in [0, 0.1) is 0 Å². The van der Waals surface area contributed by atoms with Crippen molar-refractivity contribution in [3.63, 3.8) is 0 Å². The SMILES string of the molecule is CCCCCC/C=C/CCCCCCCC(=O)N[C@@H](CO[C@H]1O[C@@H](CO)[C@H](O)C(O)C1O)[C@H](O)/C=C/C=C/CCCCCCCC. The number of amides is 1. The average Bonchev–Trinajstić information content (AvgIpc) is 3.05. The van der Waals surface area contributed by atoms with Crippen molar-refractivity contribution in [1.29, 1.82) is 0 Å². The first-order valence-corrected chi connectivity index (χ1v) is 18.2. The van der Waals surface area contributed by atoms with E-state index >= 15 is 0 Å². The average molecular weight is 654 g/mol. The molecular weight excluding hydrogens is 586 g/mol. The number of carbonyl (C=O) groups excluding carboxylic acids is 1. The molecule has 9 heteroatoms. The zero-order valence-corrected chi connectivity index (χ0v) is 28.8. The maximum Gasteiger partial charge on any atom is 0.220 e. The summed E-state index contributed by atoms with van der Waals surface area (Å²) in [7, 11) is 0. The Morgan fingerprint density at radius 1 is 0.739 bits per heavy atom. The van der Waals surface area contributed by atoms with Gasteiger partial charge in [0.2, 0.25) is 5.91 Å². The number of rotatable bonds is 28. The molecule has 0 aromatic heterocycles. The van der Waals surface area contributed by atoms with Crippen LogP contribution in [0.15, 0.2) is 36.5 Å². The summed E-state index contributed by atoms with van der Waals surface area (Å²) in [5.41, 5.74) is 0. The lowest BCUT2D eigenvalue weighted by molar-refractivity contribution is -0.302. The lowest BCUT2D eigenvalue weighted by Gasteiger charge is -2.40. The molecule has 2 unspecified atom stereocenters. The van der Waals surface area contributed by atoms with Crippen molar-refractivity contribution in [1.82, 2.24) is 5.32 Å². The van der Waals surface area contributed by atoms with E-state index in [-0.39, 0.29) is 12.5 Å².